The van der Waals surface area contributed by atoms with Crippen molar-refractivity contribution < 1.29 is 8.91 Å². The quantitative estimate of drug-likeness (QED) is 0.942. The molecule has 4 nitrogen and oxygen atoms in total. The molecule has 2 aromatic rings. The second kappa shape index (κ2) is 5.56. The molecule has 2 N–H and O–H groups in total. The first kappa shape index (κ1) is 14.2. The number of benzene rings is 1. The van der Waals surface area contributed by atoms with Crippen LogP contribution in [0.25, 0.3) is 0 Å². The van der Waals surface area contributed by atoms with Crippen LogP contribution >= 0.6 is 0 Å². The number of rotatable bonds is 3. The molecule has 1 heterocycles. The summed E-state index contributed by atoms with van der Waals surface area (Å²) in [4.78, 5) is 4.44. The van der Waals surface area contributed by atoms with Gasteiger partial charge in [-0.15, -0.1) is 0 Å². The number of hydrogen-bond donors (Lipinski definition) is 1. The molecule has 0 amide bonds. The lowest BCUT2D eigenvalue weighted by Gasteiger charge is -2.33. The molecule has 0 bridgehead atoms. The highest BCUT2D eigenvalue weighted by molar-refractivity contribution is 5.20. The lowest BCUT2D eigenvalue weighted by molar-refractivity contribution is 0.183. The van der Waals surface area contributed by atoms with E-state index < -0.39 is 5.54 Å². The number of aromatic nitrogens is 2. The molecule has 2 unspecified atom stereocenters. The molecule has 2 atom stereocenters. The highest BCUT2D eigenvalue weighted by Crippen LogP contribution is 2.36. The van der Waals surface area contributed by atoms with Crippen LogP contribution in [0.2, 0.25) is 0 Å². The van der Waals surface area contributed by atoms with Crippen LogP contribution in [0.1, 0.15) is 49.9 Å². The van der Waals surface area contributed by atoms with Gasteiger partial charge in [-0.25, -0.2) is 4.39 Å². The van der Waals surface area contributed by atoms with E-state index in [1.54, 1.807) is 6.07 Å². The van der Waals surface area contributed by atoms with E-state index in [0.717, 1.165) is 24.8 Å². The molecule has 1 aromatic carbocycles. The fraction of sp³-hybridized carbons (Fsp3) is 0.500. The van der Waals surface area contributed by atoms with Gasteiger partial charge >= 0.3 is 0 Å². The van der Waals surface area contributed by atoms with Crippen LogP contribution in [0, 0.1) is 11.7 Å². The Balaban J connectivity index is 1.77. The summed E-state index contributed by atoms with van der Waals surface area (Å²) in [7, 11) is 0. The number of halogens is 1. The fourth-order valence-corrected chi connectivity index (χ4v) is 3.14. The van der Waals surface area contributed by atoms with Crippen LogP contribution < -0.4 is 5.73 Å². The highest BCUT2D eigenvalue weighted by Gasteiger charge is 2.37. The third kappa shape index (κ3) is 3.13. The minimum Gasteiger partial charge on any atom is -0.337 e. The molecule has 0 radical (unpaired) electrons. The number of hydrogen-bond acceptors (Lipinski definition) is 4. The summed E-state index contributed by atoms with van der Waals surface area (Å²) < 4.78 is 18.6. The van der Waals surface area contributed by atoms with Crippen molar-refractivity contribution in [2.24, 2.45) is 11.7 Å². The number of nitrogens with two attached hydrogens (primary N) is 1. The van der Waals surface area contributed by atoms with E-state index in [4.69, 9.17) is 10.3 Å². The first-order chi connectivity index (χ1) is 10.0. The SMILES string of the molecule is CC1CCCC(N)(c2nc(Cc3cccc(F)c3)no2)C1. The second-order valence-electron chi connectivity index (χ2n) is 6.18. The van der Waals surface area contributed by atoms with Crippen molar-refractivity contribution in [3.63, 3.8) is 0 Å². The molecule has 112 valence electrons. The Labute approximate surface area is 123 Å². The Morgan fingerprint density at radius 1 is 1.48 bits per heavy atom. The summed E-state index contributed by atoms with van der Waals surface area (Å²) in [5.74, 6) is 1.38. The lowest BCUT2D eigenvalue weighted by Crippen LogP contribution is -2.41. The Morgan fingerprint density at radius 3 is 3.10 bits per heavy atom. The summed E-state index contributed by atoms with van der Waals surface area (Å²) in [6.45, 7) is 2.20. The van der Waals surface area contributed by atoms with Gasteiger partial charge in [0.2, 0.25) is 5.89 Å². The average Bonchev–Trinajstić information content (AvgIpc) is 2.88. The lowest BCUT2D eigenvalue weighted by atomic mass is 9.77. The van der Waals surface area contributed by atoms with E-state index in [1.807, 2.05) is 6.07 Å². The summed E-state index contributed by atoms with van der Waals surface area (Å²) in [5, 5.41) is 4.00. The van der Waals surface area contributed by atoms with Gasteiger partial charge < -0.3 is 10.3 Å². The molecule has 0 aliphatic heterocycles. The molecule has 3 rings (SSSR count). The molecule has 1 saturated carbocycles. The van der Waals surface area contributed by atoms with Gasteiger partial charge in [-0.1, -0.05) is 37.1 Å². The van der Waals surface area contributed by atoms with E-state index in [9.17, 15) is 4.39 Å². The number of nitrogens with zero attached hydrogens (tertiary/aromatic N) is 2. The van der Waals surface area contributed by atoms with Crippen LogP contribution in [0.15, 0.2) is 28.8 Å². The van der Waals surface area contributed by atoms with Crippen molar-refractivity contribution >= 4 is 0 Å². The van der Waals surface area contributed by atoms with Gasteiger partial charge in [-0.05, 0) is 36.5 Å². The molecular weight excluding hydrogens is 269 g/mol. The average molecular weight is 289 g/mol. The maximum Gasteiger partial charge on any atom is 0.246 e. The maximum atomic E-state index is 13.2. The minimum atomic E-state index is -0.509. The van der Waals surface area contributed by atoms with E-state index >= 15 is 0 Å². The first-order valence-corrected chi connectivity index (χ1v) is 7.41. The fourth-order valence-electron chi connectivity index (χ4n) is 3.14. The summed E-state index contributed by atoms with van der Waals surface area (Å²) in [5.41, 5.74) is 6.76. The van der Waals surface area contributed by atoms with Gasteiger partial charge in [-0.2, -0.15) is 4.98 Å². The largest absolute Gasteiger partial charge is 0.337 e. The Bertz CT molecular complexity index is 627. The third-order valence-corrected chi connectivity index (χ3v) is 4.18. The molecule has 21 heavy (non-hydrogen) atoms. The molecular formula is C16H20FN3O. The maximum absolute atomic E-state index is 13.2. The van der Waals surface area contributed by atoms with Crippen molar-refractivity contribution in [2.45, 2.75) is 44.6 Å². The van der Waals surface area contributed by atoms with Crippen molar-refractivity contribution in [2.75, 3.05) is 0 Å². The van der Waals surface area contributed by atoms with E-state index in [2.05, 4.69) is 17.1 Å². The van der Waals surface area contributed by atoms with Gasteiger partial charge in [0.25, 0.3) is 0 Å². The zero-order valence-electron chi connectivity index (χ0n) is 12.2. The van der Waals surface area contributed by atoms with Crippen LogP contribution in [0.4, 0.5) is 4.39 Å². The summed E-state index contributed by atoms with van der Waals surface area (Å²) in [6.07, 6.45) is 4.48. The van der Waals surface area contributed by atoms with Gasteiger partial charge in [0.1, 0.15) is 5.82 Å². The molecule has 1 aromatic heterocycles. The summed E-state index contributed by atoms with van der Waals surface area (Å²) in [6, 6.07) is 6.43. The standard InChI is InChI=1S/C16H20FN3O/c1-11-4-3-7-16(18,10-11)15-19-14(20-21-15)9-12-5-2-6-13(17)8-12/h2,5-6,8,11H,3-4,7,9-10,18H2,1H3. The van der Waals surface area contributed by atoms with Crippen molar-refractivity contribution in [1.82, 2.24) is 10.1 Å². The molecule has 1 fully saturated rings. The topological polar surface area (TPSA) is 64.9 Å². The monoisotopic (exact) mass is 289 g/mol. The van der Waals surface area contributed by atoms with Crippen LogP contribution in [-0.2, 0) is 12.0 Å². The van der Waals surface area contributed by atoms with Crippen molar-refractivity contribution in [3.05, 3.63) is 47.4 Å². The van der Waals surface area contributed by atoms with Crippen LogP contribution in [0.5, 0.6) is 0 Å². The van der Waals surface area contributed by atoms with E-state index in [-0.39, 0.29) is 5.82 Å². The van der Waals surface area contributed by atoms with Gasteiger partial charge in [0, 0.05) is 6.42 Å². The normalized spacial score (nSPS) is 26.0. The van der Waals surface area contributed by atoms with Gasteiger partial charge in [-0.3, -0.25) is 0 Å². The second-order valence-corrected chi connectivity index (χ2v) is 6.18. The highest BCUT2D eigenvalue weighted by atomic mass is 19.1. The van der Waals surface area contributed by atoms with E-state index in [0.29, 0.717) is 24.1 Å². The Morgan fingerprint density at radius 2 is 2.33 bits per heavy atom. The predicted octanol–water partition coefficient (Wildman–Crippen LogP) is 3.16. The smallest absolute Gasteiger partial charge is 0.246 e. The zero-order chi connectivity index (χ0) is 14.9. The van der Waals surface area contributed by atoms with Crippen LogP contribution in [-0.4, -0.2) is 10.1 Å². The van der Waals surface area contributed by atoms with Crippen molar-refractivity contribution in [3.8, 4) is 0 Å². The molecule has 1 aliphatic rings. The third-order valence-electron chi connectivity index (χ3n) is 4.18. The van der Waals surface area contributed by atoms with Crippen LogP contribution in [0.3, 0.4) is 0 Å². The summed E-state index contributed by atoms with van der Waals surface area (Å²) >= 11 is 0. The predicted molar refractivity (Wildman–Crippen MR) is 77.0 cm³/mol. The first-order valence-electron chi connectivity index (χ1n) is 7.41. The molecule has 0 spiro atoms. The van der Waals surface area contributed by atoms with Gasteiger partial charge in [0.15, 0.2) is 5.82 Å². The van der Waals surface area contributed by atoms with Crippen molar-refractivity contribution in [1.29, 1.82) is 0 Å². The molecule has 1 aliphatic carbocycles. The minimum absolute atomic E-state index is 0.257. The Kier molecular flexibility index (Phi) is 3.76. The van der Waals surface area contributed by atoms with Gasteiger partial charge in [0.05, 0.1) is 5.54 Å². The molecule has 5 heteroatoms. The molecule has 0 saturated heterocycles. The Hall–Kier alpha value is -1.75. The van der Waals surface area contributed by atoms with E-state index in [1.165, 1.54) is 18.6 Å². The zero-order valence-corrected chi connectivity index (χ0v) is 12.2.